The van der Waals surface area contributed by atoms with E-state index >= 15 is 0 Å². The van der Waals surface area contributed by atoms with Gasteiger partial charge in [0.25, 0.3) is 11.8 Å². The fourth-order valence-corrected chi connectivity index (χ4v) is 4.59. The van der Waals surface area contributed by atoms with Crippen molar-refractivity contribution in [2.45, 2.75) is 12.6 Å². The Labute approximate surface area is 215 Å². The van der Waals surface area contributed by atoms with E-state index in [1.165, 1.54) is 5.56 Å². The molecular formula is C28H27ClN4O3. The standard InChI is InChI=1S/C28H27ClN4O3/c1-35-25(21-6-3-2-4-7-21)28(34)33-16-14-32(15-17-33)19-20-10-12-22(13-11-20)26-30-27(36-31-26)23-8-5-9-24(29)18-23/h2-13,18,25H,14-17,19H2,1H3/t25-/m0/s1. The van der Waals surface area contributed by atoms with E-state index in [-0.39, 0.29) is 5.91 Å². The molecule has 0 N–H and O–H groups in total. The van der Waals surface area contributed by atoms with E-state index in [0.717, 1.165) is 36.3 Å². The Morgan fingerprint density at radius 3 is 2.42 bits per heavy atom. The molecule has 0 radical (unpaired) electrons. The number of carbonyl (C=O) groups is 1. The lowest BCUT2D eigenvalue weighted by molar-refractivity contribution is -0.144. The number of nitrogens with zero attached hydrogens (tertiary/aromatic N) is 4. The molecular weight excluding hydrogens is 476 g/mol. The normalized spacial score (nSPS) is 15.1. The van der Waals surface area contributed by atoms with Crippen LogP contribution in [-0.4, -0.2) is 59.1 Å². The van der Waals surface area contributed by atoms with Crippen LogP contribution in [0, 0.1) is 0 Å². The first-order chi connectivity index (χ1) is 17.6. The maximum Gasteiger partial charge on any atom is 0.258 e. The average Bonchev–Trinajstić information content (AvgIpc) is 3.41. The molecule has 184 valence electrons. The number of piperazine rings is 1. The number of rotatable bonds is 7. The van der Waals surface area contributed by atoms with Crippen LogP contribution in [0.25, 0.3) is 22.8 Å². The molecule has 7 nitrogen and oxygen atoms in total. The number of carbonyl (C=O) groups excluding carboxylic acids is 1. The summed E-state index contributed by atoms with van der Waals surface area (Å²) in [4.78, 5) is 21.8. The summed E-state index contributed by atoms with van der Waals surface area (Å²) in [6.07, 6.45) is -0.560. The van der Waals surface area contributed by atoms with Gasteiger partial charge in [-0.1, -0.05) is 77.4 Å². The molecule has 1 aromatic heterocycles. The van der Waals surface area contributed by atoms with E-state index in [1.807, 2.05) is 59.5 Å². The number of hydrogen-bond donors (Lipinski definition) is 0. The van der Waals surface area contributed by atoms with Gasteiger partial charge in [-0.25, -0.2) is 0 Å². The number of benzene rings is 3. The minimum Gasteiger partial charge on any atom is -0.367 e. The predicted molar refractivity (Wildman–Crippen MR) is 138 cm³/mol. The Balaban J connectivity index is 1.16. The highest BCUT2D eigenvalue weighted by atomic mass is 35.5. The first kappa shape index (κ1) is 24.2. The number of halogens is 1. The molecule has 0 spiro atoms. The number of methoxy groups -OCH3 is 1. The number of hydrogen-bond acceptors (Lipinski definition) is 6. The van der Waals surface area contributed by atoms with Gasteiger partial charge in [-0.2, -0.15) is 4.98 Å². The molecule has 0 saturated carbocycles. The molecule has 5 rings (SSSR count). The summed E-state index contributed by atoms with van der Waals surface area (Å²) in [6, 6.07) is 25.2. The van der Waals surface area contributed by atoms with E-state index in [2.05, 4.69) is 27.2 Å². The molecule has 0 unspecified atom stereocenters. The average molecular weight is 503 g/mol. The van der Waals surface area contributed by atoms with Crippen LogP contribution in [0.2, 0.25) is 5.02 Å². The zero-order valence-electron chi connectivity index (χ0n) is 20.0. The SMILES string of the molecule is CO[C@H](C(=O)N1CCN(Cc2ccc(-c3noc(-c4cccc(Cl)c4)n3)cc2)CC1)c1ccccc1. The molecule has 1 saturated heterocycles. The Kier molecular flexibility index (Phi) is 7.41. The molecule has 4 aromatic rings. The Hall–Kier alpha value is -3.52. The molecule has 0 aliphatic carbocycles. The van der Waals surface area contributed by atoms with Crippen LogP contribution in [-0.2, 0) is 16.1 Å². The van der Waals surface area contributed by atoms with E-state index in [0.29, 0.717) is 29.8 Å². The van der Waals surface area contributed by atoms with Crippen LogP contribution in [0.5, 0.6) is 0 Å². The van der Waals surface area contributed by atoms with Crippen molar-refractivity contribution in [3.8, 4) is 22.8 Å². The Bertz CT molecular complexity index is 1300. The van der Waals surface area contributed by atoms with Crippen molar-refractivity contribution in [1.29, 1.82) is 0 Å². The molecule has 1 fully saturated rings. The summed E-state index contributed by atoms with van der Waals surface area (Å²) >= 11 is 6.07. The molecule has 1 atom stereocenters. The molecule has 0 bridgehead atoms. The quantitative estimate of drug-likeness (QED) is 0.350. The maximum absolute atomic E-state index is 13.0. The van der Waals surface area contributed by atoms with Gasteiger partial charge in [0.15, 0.2) is 6.10 Å². The van der Waals surface area contributed by atoms with Crippen molar-refractivity contribution in [1.82, 2.24) is 19.9 Å². The largest absolute Gasteiger partial charge is 0.367 e. The molecule has 36 heavy (non-hydrogen) atoms. The third kappa shape index (κ3) is 5.49. The Morgan fingerprint density at radius 2 is 1.72 bits per heavy atom. The van der Waals surface area contributed by atoms with E-state index in [1.54, 1.807) is 19.2 Å². The fourth-order valence-electron chi connectivity index (χ4n) is 4.40. The predicted octanol–water partition coefficient (Wildman–Crippen LogP) is 5.09. The zero-order chi connectivity index (χ0) is 24.9. The van der Waals surface area contributed by atoms with E-state index < -0.39 is 6.10 Å². The summed E-state index contributed by atoms with van der Waals surface area (Å²) in [5.41, 5.74) is 3.75. The molecule has 1 aliphatic rings. The first-order valence-electron chi connectivity index (χ1n) is 11.9. The van der Waals surface area contributed by atoms with Crippen LogP contribution in [0.15, 0.2) is 83.4 Å². The summed E-state index contributed by atoms with van der Waals surface area (Å²) < 4.78 is 11.0. The smallest absolute Gasteiger partial charge is 0.258 e. The second-order valence-electron chi connectivity index (χ2n) is 8.76. The minimum atomic E-state index is -0.560. The summed E-state index contributed by atoms with van der Waals surface area (Å²) in [5, 5.41) is 4.74. The monoisotopic (exact) mass is 502 g/mol. The lowest BCUT2D eigenvalue weighted by atomic mass is 10.1. The van der Waals surface area contributed by atoms with Gasteiger partial charge in [-0.15, -0.1) is 0 Å². The van der Waals surface area contributed by atoms with Crippen molar-refractivity contribution in [3.05, 3.63) is 95.0 Å². The highest BCUT2D eigenvalue weighted by Gasteiger charge is 2.28. The maximum atomic E-state index is 13.0. The first-order valence-corrected chi connectivity index (χ1v) is 12.3. The second-order valence-corrected chi connectivity index (χ2v) is 9.19. The summed E-state index contributed by atoms with van der Waals surface area (Å²) in [7, 11) is 1.59. The fraction of sp³-hybridized carbons (Fsp3) is 0.250. The van der Waals surface area contributed by atoms with Crippen molar-refractivity contribution in [3.63, 3.8) is 0 Å². The van der Waals surface area contributed by atoms with Gasteiger partial charge in [-0.3, -0.25) is 9.69 Å². The summed E-state index contributed by atoms with van der Waals surface area (Å²) in [6.45, 7) is 3.80. The lowest BCUT2D eigenvalue weighted by Crippen LogP contribution is -2.49. The van der Waals surface area contributed by atoms with Gasteiger partial charge < -0.3 is 14.2 Å². The third-order valence-electron chi connectivity index (χ3n) is 6.36. The van der Waals surface area contributed by atoms with Gasteiger partial charge in [0, 0.05) is 56.0 Å². The van der Waals surface area contributed by atoms with Crippen molar-refractivity contribution in [2.24, 2.45) is 0 Å². The molecule has 1 amide bonds. The third-order valence-corrected chi connectivity index (χ3v) is 6.60. The van der Waals surface area contributed by atoms with Crippen LogP contribution in [0.4, 0.5) is 0 Å². The molecule has 2 heterocycles. The van der Waals surface area contributed by atoms with Gasteiger partial charge in [0.05, 0.1) is 0 Å². The van der Waals surface area contributed by atoms with E-state index in [9.17, 15) is 4.79 Å². The highest BCUT2D eigenvalue weighted by molar-refractivity contribution is 6.30. The zero-order valence-corrected chi connectivity index (χ0v) is 20.8. The number of amides is 1. The molecule has 1 aliphatic heterocycles. The summed E-state index contributed by atoms with van der Waals surface area (Å²) in [5.74, 6) is 0.992. The van der Waals surface area contributed by atoms with Crippen molar-refractivity contribution < 1.29 is 14.1 Å². The van der Waals surface area contributed by atoms with Crippen molar-refractivity contribution >= 4 is 17.5 Å². The minimum absolute atomic E-state index is 0.0185. The van der Waals surface area contributed by atoms with Gasteiger partial charge in [0.1, 0.15) is 0 Å². The highest BCUT2D eigenvalue weighted by Crippen LogP contribution is 2.25. The van der Waals surface area contributed by atoms with Crippen LogP contribution in [0.1, 0.15) is 17.2 Å². The number of aromatic nitrogens is 2. The molecule has 8 heteroatoms. The van der Waals surface area contributed by atoms with E-state index in [4.69, 9.17) is 20.9 Å². The van der Waals surface area contributed by atoms with Crippen LogP contribution < -0.4 is 0 Å². The van der Waals surface area contributed by atoms with Gasteiger partial charge >= 0.3 is 0 Å². The van der Waals surface area contributed by atoms with Crippen LogP contribution >= 0.6 is 11.6 Å². The van der Waals surface area contributed by atoms with Crippen molar-refractivity contribution in [2.75, 3.05) is 33.3 Å². The topological polar surface area (TPSA) is 71.7 Å². The van der Waals surface area contributed by atoms with Gasteiger partial charge in [-0.05, 0) is 29.3 Å². The van der Waals surface area contributed by atoms with Gasteiger partial charge in [0.2, 0.25) is 5.82 Å². The van der Waals surface area contributed by atoms with Crippen LogP contribution in [0.3, 0.4) is 0 Å². The second kappa shape index (κ2) is 11.0. The number of ether oxygens (including phenoxy) is 1. The molecule has 3 aromatic carbocycles. The Morgan fingerprint density at radius 1 is 0.972 bits per heavy atom. The lowest BCUT2D eigenvalue weighted by Gasteiger charge is -2.36.